The SMILES string of the molecule is COC1CCC(O)C(F)C1F. The van der Waals surface area contributed by atoms with E-state index in [1.807, 2.05) is 0 Å². The lowest BCUT2D eigenvalue weighted by atomic mass is 9.92. The van der Waals surface area contributed by atoms with Crippen LogP contribution in [0.1, 0.15) is 12.8 Å². The Morgan fingerprint density at radius 2 is 1.91 bits per heavy atom. The van der Waals surface area contributed by atoms with Crippen molar-refractivity contribution in [1.29, 1.82) is 0 Å². The van der Waals surface area contributed by atoms with Crippen molar-refractivity contribution in [3.05, 3.63) is 0 Å². The van der Waals surface area contributed by atoms with Crippen LogP contribution < -0.4 is 0 Å². The fourth-order valence-corrected chi connectivity index (χ4v) is 1.32. The third kappa shape index (κ3) is 1.68. The van der Waals surface area contributed by atoms with Gasteiger partial charge in [0.25, 0.3) is 0 Å². The molecule has 0 spiro atoms. The van der Waals surface area contributed by atoms with Gasteiger partial charge in [-0.2, -0.15) is 0 Å². The molecule has 0 aromatic carbocycles. The van der Waals surface area contributed by atoms with E-state index in [4.69, 9.17) is 9.84 Å². The Morgan fingerprint density at radius 1 is 1.27 bits per heavy atom. The summed E-state index contributed by atoms with van der Waals surface area (Å²) >= 11 is 0. The van der Waals surface area contributed by atoms with Gasteiger partial charge in [-0.3, -0.25) is 0 Å². The van der Waals surface area contributed by atoms with Crippen molar-refractivity contribution in [2.75, 3.05) is 7.11 Å². The number of alkyl halides is 2. The molecule has 4 atom stereocenters. The van der Waals surface area contributed by atoms with Gasteiger partial charge in [0.1, 0.15) is 0 Å². The Morgan fingerprint density at radius 3 is 2.45 bits per heavy atom. The van der Waals surface area contributed by atoms with Crippen LogP contribution in [0, 0.1) is 0 Å². The maximum atomic E-state index is 12.8. The number of rotatable bonds is 1. The molecule has 0 aromatic heterocycles. The minimum absolute atomic E-state index is 0.278. The number of halogens is 2. The first kappa shape index (κ1) is 8.87. The first-order chi connectivity index (χ1) is 5.16. The van der Waals surface area contributed by atoms with Crippen LogP contribution >= 0.6 is 0 Å². The lowest BCUT2D eigenvalue weighted by Crippen LogP contribution is -2.44. The van der Waals surface area contributed by atoms with Crippen molar-refractivity contribution in [3.63, 3.8) is 0 Å². The summed E-state index contributed by atoms with van der Waals surface area (Å²) < 4.78 is 30.2. The molecule has 0 aromatic rings. The molecule has 1 saturated carbocycles. The zero-order valence-electron chi connectivity index (χ0n) is 6.34. The summed E-state index contributed by atoms with van der Waals surface area (Å²) in [6, 6.07) is 0. The molecule has 1 aliphatic carbocycles. The van der Waals surface area contributed by atoms with Gasteiger partial charge in [0, 0.05) is 7.11 Å². The van der Waals surface area contributed by atoms with Gasteiger partial charge in [0.15, 0.2) is 12.3 Å². The average molecular weight is 166 g/mol. The molecule has 11 heavy (non-hydrogen) atoms. The molecule has 66 valence electrons. The van der Waals surface area contributed by atoms with Gasteiger partial charge in [-0.25, -0.2) is 8.78 Å². The molecule has 0 aliphatic heterocycles. The smallest absolute Gasteiger partial charge is 0.160 e. The van der Waals surface area contributed by atoms with Gasteiger partial charge in [0.2, 0.25) is 0 Å². The quantitative estimate of drug-likeness (QED) is 0.625. The average Bonchev–Trinajstić information content (AvgIpc) is 2.01. The topological polar surface area (TPSA) is 29.5 Å². The third-order valence-corrected chi connectivity index (χ3v) is 2.08. The van der Waals surface area contributed by atoms with Crippen molar-refractivity contribution in [2.45, 2.75) is 37.4 Å². The Bertz CT molecular complexity index is 130. The number of hydrogen-bond donors (Lipinski definition) is 1. The second kappa shape index (κ2) is 3.45. The van der Waals surface area contributed by atoms with E-state index in [1.165, 1.54) is 7.11 Å². The van der Waals surface area contributed by atoms with Crippen LogP contribution in [-0.2, 0) is 4.74 Å². The first-order valence-electron chi connectivity index (χ1n) is 3.66. The van der Waals surface area contributed by atoms with Crippen LogP contribution in [0.2, 0.25) is 0 Å². The molecule has 2 nitrogen and oxygen atoms in total. The lowest BCUT2D eigenvalue weighted by molar-refractivity contribution is -0.0843. The summed E-state index contributed by atoms with van der Waals surface area (Å²) in [6.45, 7) is 0. The van der Waals surface area contributed by atoms with Gasteiger partial charge < -0.3 is 9.84 Å². The molecular weight excluding hydrogens is 154 g/mol. The van der Waals surface area contributed by atoms with E-state index >= 15 is 0 Å². The fourth-order valence-electron chi connectivity index (χ4n) is 1.32. The highest BCUT2D eigenvalue weighted by Gasteiger charge is 2.39. The van der Waals surface area contributed by atoms with Gasteiger partial charge in [0.05, 0.1) is 12.2 Å². The van der Waals surface area contributed by atoms with Gasteiger partial charge in [-0.15, -0.1) is 0 Å². The Hall–Kier alpha value is -0.220. The minimum atomic E-state index is -1.78. The third-order valence-electron chi connectivity index (χ3n) is 2.08. The van der Waals surface area contributed by atoms with Crippen molar-refractivity contribution < 1.29 is 18.6 Å². The van der Waals surface area contributed by atoms with E-state index < -0.39 is 24.6 Å². The summed E-state index contributed by atoms with van der Waals surface area (Å²) in [6.07, 6.45) is -4.64. The fraction of sp³-hybridized carbons (Fsp3) is 1.00. The summed E-state index contributed by atoms with van der Waals surface area (Å²) in [5.74, 6) is 0. The first-order valence-corrected chi connectivity index (χ1v) is 3.66. The van der Waals surface area contributed by atoms with Gasteiger partial charge >= 0.3 is 0 Å². The van der Waals surface area contributed by atoms with E-state index in [0.29, 0.717) is 6.42 Å². The number of aliphatic hydroxyl groups excluding tert-OH is 1. The molecular formula is C7H12F2O2. The zero-order valence-corrected chi connectivity index (χ0v) is 6.34. The molecule has 1 rings (SSSR count). The molecule has 1 fully saturated rings. The van der Waals surface area contributed by atoms with E-state index in [1.54, 1.807) is 0 Å². The van der Waals surface area contributed by atoms with E-state index in [2.05, 4.69) is 0 Å². The highest BCUT2D eigenvalue weighted by Crippen LogP contribution is 2.26. The van der Waals surface area contributed by atoms with Crippen LogP contribution in [0.4, 0.5) is 8.78 Å². The minimum Gasteiger partial charge on any atom is -0.390 e. The Kier molecular flexibility index (Phi) is 2.78. The van der Waals surface area contributed by atoms with Crippen LogP contribution in [0.25, 0.3) is 0 Å². The molecule has 4 unspecified atom stereocenters. The summed E-state index contributed by atoms with van der Waals surface area (Å²) in [5.41, 5.74) is 0. The van der Waals surface area contributed by atoms with Crippen molar-refractivity contribution >= 4 is 0 Å². The Labute approximate surface area is 64.2 Å². The van der Waals surface area contributed by atoms with E-state index in [9.17, 15) is 8.78 Å². The predicted octanol–water partition coefficient (Wildman–Crippen LogP) is 0.832. The van der Waals surface area contributed by atoms with Gasteiger partial charge in [-0.05, 0) is 12.8 Å². The summed E-state index contributed by atoms with van der Waals surface area (Å²) in [7, 11) is 1.35. The van der Waals surface area contributed by atoms with E-state index in [-0.39, 0.29) is 6.42 Å². The zero-order chi connectivity index (χ0) is 8.43. The molecule has 1 aliphatic rings. The van der Waals surface area contributed by atoms with Crippen LogP contribution in [0.5, 0.6) is 0 Å². The number of methoxy groups -OCH3 is 1. The van der Waals surface area contributed by atoms with Crippen LogP contribution in [0.15, 0.2) is 0 Å². The second-order valence-corrected chi connectivity index (χ2v) is 2.81. The Balaban J connectivity index is 2.52. The lowest BCUT2D eigenvalue weighted by Gasteiger charge is -2.30. The van der Waals surface area contributed by atoms with Crippen LogP contribution in [-0.4, -0.2) is 36.8 Å². The molecule has 1 N–H and O–H groups in total. The highest BCUT2D eigenvalue weighted by atomic mass is 19.2. The van der Waals surface area contributed by atoms with Crippen molar-refractivity contribution in [1.82, 2.24) is 0 Å². The summed E-state index contributed by atoms with van der Waals surface area (Å²) in [4.78, 5) is 0. The second-order valence-electron chi connectivity index (χ2n) is 2.81. The van der Waals surface area contributed by atoms with Crippen molar-refractivity contribution in [3.8, 4) is 0 Å². The molecule has 0 radical (unpaired) electrons. The van der Waals surface area contributed by atoms with E-state index in [0.717, 1.165) is 0 Å². The molecule has 0 heterocycles. The maximum Gasteiger partial charge on any atom is 0.160 e. The molecule has 4 heteroatoms. The highest BCUT2D eigenvalue weighted by molar-refractivity contribution is 4.88. The standard InChI is InChI=1S/C7H12F2O2/c1-11-5-3-2-4(10)6(8)7(5)9/h4-7,10H,2-3H2,1H3. The van der Waals surface area contributed by atoms with Gasteiger partial charge in [-0.1, -0.05) is 0 Å². The maximum absolute atomic E-state index is 12.8. The largest absolute Gasteiger partial charge is 0.390 e. The molecule has 0 bridgehead atoms. The molecule has 0 saturated heterocycles. The predicted molar refractivity (Wildman–Crippen MR) is 35.8 cm³/mol. The normalized spacial score (nSPS) is 45.8. The summed E-state index contributed by atoms with van der Waals surface area (Å²) in [5, 5.41) is 8.89. The number of ether oxygens (including phenoxy) is 1. The van der Waals surface area contributed by atoms with Crippen LogP contribution in [0.3, 0.4) is 0 Å². The number of aliphatic hydroxyl groups is 1. The number of hydrogen-bond acceptors (Lipinski definition) is 2. The monoisotopic (exact) mass is 166 g/mol. The molecule has 0 amide bonds. The van der Waals surface area contributed by atoms with Crippen molar-refractivity contribution in [2.24, 2.45) is 0 Å².